The van der Waals surface area contributed by atoms with E-state index in [-0.39, 0.29) is 0 Å². The molecule has 0 amide bonds. The first kappa shape index (κ1) is 7.14. The molecule has 1 atom stereocenters. The summed E-state index contributed by atoms with van der Waals surface area (Å²) in [4.78, 5) is 0. The summed E-state index contributed by atoms with van der Waals surface area (Å²) in [7, 11) is -2.61. The second-order valence-electron chi connectivity index (χ2n) is 1.48. The zero-order chi connectivity index (χ0) is 6.91. The normalized spacial score (nSPS) is 17.0. The molecule has 1 unspecified atom stereocenters. The number of thiophene rings is 1. The lowest BCUT2D eigenvalue weighted by Gasteiger charge is -1.90. The Kier molecular flexibility index (Phi) is 1.85. The minimum Gasteiger partial charge on any atom is -0.246 e. The summed E-state index contributed by atoms with van der Waals surface area (Å²) >= 11 is 5.85. The van der Waals surface area contributed by atoms with Gasteiger partial charge in [-0.3, -0.25) is 0 Å². The molecule has 0 aliphatic rings. The van der Waals surface area contributed by atoms with Gasteiger partial charge in [0.05, 0.1) is 0 Å². The van der Waals surface area contributed by atoms with Crippen LogP contribution in [0.2, 0.25) is 0 Å². The largest absolute Gasteiger partial charge is 0.246 e. The molecule has 0 fully saturated rings. The standard InChI is InChI=1S/C4H5NOS3/c5-9(6,7)4-2-1-3-8-4/h1-3H,(H2,5,6,7). The van der Waals surface area contributed by atoms with E-state index in [1.54, 1.807) is 17.5 Å². The van der Waals surface area contributed by atoms with Gasteiger partial charge in [0.25, 0.3) is 0 Å². The number of hydrogen-bond acceptors (Lipinski definition) is 3. The van der Waals surface area contributed by atoms with Crippen LogP contribution in [-0.2, 0) is 19.9 Å². The molecule has 9 heavy (non-hydrogen) atoms. The summed E-state index contributed by atoms with van der Waals surface area (Å²) in [6.07, 6.45) is 0. The fourth-order valence-corrected chi connectivity index (χ4v) is 2.37. The average molecular weight is 179 g/mol. The van der Waals surface area contributed by atoms with Crippen LogP contribution in [0.3, 0.4) is 0 Å². The molecule has 0 aliphatic heterocycles. The van der Waals surface area contributed by atoms with Crippen molar-refractivity contribution in [3.63, 3.8) is 0 Å². The van der Waals surface area contributed by atoms with E-state index >= 15 is 0 Å². The van der Waals surface area contributed by atoms with Crippen molar-refractivity contribution in [1.82, 2.24) is 0 Å². The van der Waals surface area contributed by atoms with E-state index in [2.05, 4.69) is 11.2 Å². The van der Waals surface area contributed by atoms with E-state index < -0.39 is 8.68 Å². The lowest BCUT2D eigenvalue weighted by Crippen LogP contribution is -2.08. The molecule has 0 aromatic carbocycles. The molecule has 0 aliphatic carbocycles. The Balaban J connectivity index is 3.20. The highest BCUT2D eigenvalue weighted by molar-refractivity contribution is 8.32. The lowest BCUT2D eigenvalue weighted by molar-refractivity contribution is 0.684. The predicted octanol–water partition coefficient (Wildman–Crippen LogP) is 0.727. The van der Waals surface area contributed by atoms with E-state index in [0.29, 0.717) is 4.21 Å². The Labute approximate surface area is 62.5 Å². The third kappa shape index (κ3) is 1.72. The van der Waals surface area contributed by atoms with Gasteiger partial charge in [0.1, 0.15) is 12.9 Å². The van der Waals surface area contributed by atoms with E-state index in [1.165, 1.54) is 11.3 Å². The summed E-state index contributed by atoms with van der Waals surface area (Å²) in [5.41, 5.74) is 0. The fourth-order valence-electron chi connectivity index (χ4n) is 0.425. The maximum absolute atomic E-state index is 10.9. The molecule has 2 N–H and O–H groups in total. The van der Waals surface area contributed by atoms with Gasteiger partial charge < -0.3 is 0 Å². The molecular weight excluding hydrogens is 174 g/mol. The van der Waals surface area contributed by atoms with Gasteiger partial charge in [-0.15, -0.1) is 11.3 Å². The van der Waals surface area contributed by atoms with Crippen molar-refractivity contribution in [3.05, 3.63) is 17.5 Å². The molecule has 2 nitrogen and oxygen atoms in total. The monoisotopic (exact) mass is 179 g/mol. The van der Waals surface area contributed by atoms with Crippen LogP contribution in [-0.4, -0.2) is 4.21 Å². The highest BCUT2D eigenvalue weighted by Crippen LogP contribution is 2.12. The van der Waals surface area contributed by atoms with Crippen molar-refractivity contribution in [3.8, 4) is 0 Å². The molecule has 50 valence electrons. The first-order valence-electron chi connectivity index (χ1n) is 2.17. The fraction of sp³-hybridized carbons (Fsp3) is 0. The number of nitrogens with two attached hydrogens (primary N) is 1. The number of rotatable bonds is 1. The predicted molar refractivity (Wildman–Crippen MR) is 42.3 cm³/mol. The molecule has 0 bridgehead atoms. The zero-order valence-electron chi connectivity index (χ0n) is 4.44. The summed E-state index contributed by atoms with van der Waals surface area (Å²) in [5.74, 6) is 0. The Morgan fingerprint density at radius 1 is 1.78 bits per heavy atom. The molecule has 1 aromatic rings. The van der Waals surface area contributed by atoms with Crippen molar-refractivity contribution in [2.45, 2.75) is 4.21 Å². The molecule has 1 heterocycles. The SMILES string of the molecule is NS(=O)(=S)c1cccs1. The van der Waals surface area contributed by atoms with Gasteiger partial charge >= 0.3 is 0 Å². The van der Waals surface area contributed by atoms with Gasteiger partial charge in [-0.2, -0.15) is 0 Å². The molecule has 0 spiro atoms. The van der Waals surface area contributed by atoms with Crippen LogP contribution in [0, 0.1) is 0 Å². The van der Waals surface area contributed by atoms with Gasteiger partial charge in [0, 0.05) is 11.2 Å². The molecule has 5 heteroatoms. The van der Waals surface area contributed by atoms with Gasteiger partial charge in [0.15, 0.2) is 0 Å². The molecular formula is C4H5NOS3. The Hall–Kier alpha value is 0.0300. The quantitative estimate of drug-likeness (QED) is 0.690. The first-order valence-corrected chi connectivity index (χ1v) is 5.59. The summed E-state index contributed by atoms with van der Waals surface area (Å²) in [6.45, 7) is 0. The highest BCUT2D eigenvalue weighted by atomic mass is 32.8. The van der Waals surface area contributed by atoms with Crippen LogP contribution >= 0.6 is 11.3 Å². The Morgan fingerprint density at radius 3 is 2.67 bits per heavy atom. The molecule has 1 rings (SSSR count). The Morgan fingerprint density at radius 2 is 2.44 bits per heavy atom. The maximum Gasteiger partial charge on any atom is 0.126 e. The summed E-state index contributed by atoms with van der Waals surface area (Å²) in [5, 5.41) is 6.95. The van der Waals surface area contributed by atoms with Crippen molar-refractivity contribution < 1.29 is 4.21 Å². The minimum absolute atomic E-state index is 0.581. The number of hydrogen-bond donors (Lipinski definition) is 1. The van der Waals surface area contributed by atoms with Crippen LogP contribution in [0.25, 0.3) is 0 Å². The molecule has 0 radical (unpaired) electrons. The van der Waals surface area contributed by atoms with E-state index in [0.717, 1.165) is 0 Å². The summed E-state index contributed by atoms with van der Waals surface area (Å²) in [6, 6.07) is 3.46. The van der Waals surface area contributed by atoms with Crippen molar-refractivity contribution >= 4 is 31.2 Å². The van der Waals surface area contributed by atoms with Crippen molar-refractivity contribution in [2.24, 2.45) is 5.14 Å². The van der Waals surface area contributed by atoms with E-state index in [4.69, 9.17) is 5.14 Å². The maximum atomic E-state index is 10.9. The third-order valence-electron chi connectivity index (χ3n) is 0.775. The van der Waals surface area contributed by atoms with Crippen molar-refractivity contribution in [1.29, 1.82) is 0 Å². The van der Waals surface area contributed by atoms with E-state index in [9.17, 15) is 4.21 Å². The highest BCUT2D eigenvalue weighted by Gasteiger charge is 2.01. The van der Waals surface area contributed by atoms with Gasteiger partial charge in [-0.1, -0.05) is 6.07 Å². The summed E-state index contributed by atoms with van der Waals surface area (Å²) < 4.78 is 11.4. The Bertz CT molecular complexity index is 273. The van der Waals surface area contributed by atoms with Crippen LogP contribution in [0.1, 0.15) is 0 Å². The molecule has 1 aromatic heterocycles. The van der Waals surface area contributed by atoms with Gasteiger partial charge in [-0.25, -0.2) is 9.35 Å². The minimum atomic E-state index is -2.61. The van der Waals surface area contributed by atoms with Crippen LogP contribution < -0.4 is 5.14 Å². The van der Waals surface area contributed by atoms with Crippen LogP contribution in [0.5, 0.6) is 0 Å². The molecule has 0 saturated carbocycles. The lowest BCUT2D eigenvalue weighted by atomic mass is 10.7. The molecule has 0 saturated heterocycles. The smallest absolute Gasteiger partial charge is 0.126 e. The van der Waals surface area contributed by atoms with Gasteiger partial charge in [0.2, 0.25) is 0 Å². The van der Waals surface area contributed by atoms with Crippen molar-refractivity contribution in [2.75, 3.05) is 0 Å². The van der Waals surface area contributed by atoms with Crippen LogP contribution in [0.15, 0.2) is 21.7 Å². The topological polar surface area (TPSA) is 43.1 Å². The second kappa shape index (κ2) is 2.34. The zero-order valence-corrected chi connectivity index (χ0v) is 6.89. The third-order valence-corrected chi connectivity index (χ3v) is 4.02. The second-order valence-corrected chi connectivity index (χ2v) is 5.70. The van der Waals surface area contributed by atoms with Crippen LogP contribution in [0.4, 0.5) is 0 Å². The first-order chi connectivity index (χ1) is 4.11. The van der Waals surface area contributed by atoms with E-state index in [1.807, 2.05) is 0 Å². The average Bonchev–Trinajstić information content (AvgIpc) is 2.08. The van der Waals surface area contributed by atoms with Gasteiger partial charge in [-0.05, 0) is 11.4 Å².